The number of nitrogens with zero attached hydrogens (tertiary/aromatic N) is 5. The molecule has 0 bridgehead atoms. The second-order valence-electron chi connectivity index (χ2n) is 8.93. The number of H-pyrrole nitrogens is 1. The number of carbonyl (C=O) groups is 3. The van der Waals surface area contributed by atoms with E-state index >= 15 is 0 Å². The first-order valence-electron chi connectivity index (χ1n) is 12.4. The molecule has 22 heteroatoms. The van der Waals surface area contributed by atoms with Crippen LogP contribution in [0.3, 0.4) is 0 Å². The zero-order valence-electron chi connectivity index (χ0n) is 23.9. The molecule has 5 rings (SSSR count). The number of hydrogen-bond donors (Lipinski definition) is 5. The Labute approximate surface area is 261 Å². The molecule has 5 N–H and O–H groups in total. The fourth-order valence-electron chi connectivity index (χ4n) is 3.36. The lowest BCUT2D eigenvalue weighted by atomic mass is 10.1. The third kappa shape index (κ3) is 10.3. The third-order valence-electron chi connectivity index (χ3n) is 5.30. The molecule has 0 radical (unpaired) electrons. The minimum absolute atomic E-state index is 0.767. The van der Waals surface area contributed by atoms with Gasteiger partial charge < -0.3 is 30.5 Å². The molecular weight excluding hydrogens is 677 g/mol. The highest BCUT2D eigenvalue weighted by atomic mass is 19.4. The molecule has 1 aliphatic heterocycles. The SMILES string of the molecule is CN(C)c1ncccc1-c1nc2c([nH]1)-c1cnccc1Nc1ncccc1-2.O=C(O)C(F)(F)F.O=C(O)C(F)(F)F.O=C(O)C(F)(F)F. The first kappa shape index (κ1) is 38.2. The van der Waals surface area contributed by atoms with Gasteiger partial charge in [0.15, 0.2) is 0 Å². The van der Waals surface area contributed by atoms with Crippen LogP contribution in [0.25, 0.3) is 33.9 Å². The number of alkyl halides is 9. The molecule has 0 amide bonds. The highest BCUT2D eigenvalue weighted by Crippen LogP contribution is 2.43. The summed E-state index contributed by atoms with van der Waals surface area (Å²) in [5.74, 6) is -5.87. The summed E-state index contributed by atoms with van der Waals surface area (Å²) in [5.41, 5.74) is 5.56. The number of aromatic amines is 1. The number of fused-ring (bicyclic) bond motifs is 5. The van der Waals surface area contributed by atoms with E-state index in [2.05, 4.69) is 25.3 Å². The summed E-state index contributed by atoms with van der Waals surface area (Å²) in [7, 11) is 3.95. The molecular formula is C26H20F9N7O6. The lowest BCUT2D eigenvalue weighted by molar-refractivity contribution is -0.193. The largest absolute Gasteiger partial charge is 0.490 e. The summed E-state index contributed by atoms with van der Waals surface area (Å²) < 4.78 is 95.2. The van der Waals surface area contributed by atoms with E-state index < -0.39 is 36.4 Å². The van der Waals surface area contributed by atoms with Gasteiger partial charge in [0.2, 0.25) is 0 Å². The van der Waals surface area contributed by atoms with Gasteiger partial charge >= 0.3 is 36.4 Å². The topological polar surface area (TPSA) is 195 Å². The average molecular weight is 697 g/mol. The van der Waals surface area contributed by atoms with Gasteiger partial charge in [0, 0.05) is 50.0 Å². The maximum absolute atomic E-state index is 10.6. The van der Waals surface area contributed by atoms with Crippen LogP contribution < -0.4 is 10.2 Å². The van der Waals surface area contributed by atoms with Crippen molar-refractivity contribution in [1.82, 2.24) is 24.9 Å². The molecule has 0 spiro atoms. The van der Waals surface area contributed by atoms with E-state index in [9.17, 15) is 39.5 Å². The molecule has 4 aromatic heterocycles. The highest BCUT2D eigenvalue weighted by molar-refractivity contribution is 5.95. The molecule has 0 atom stereocenters. The van der Waals surface area contributed by atoms with E-state index in [0.717, 1.165) is 51.2 Å². The van der Waals surface area contributed by atoms with Crippen molar-refractivity contribution in [2.45, 2.75) is 18.5 Å². The average Bonchev–Trinajstić information content (AvgIpc) is 3.37. The highest BCUT2D eigenvalue weighted by Gasteiger charge is 2.39. The van der Waals surface area contributed by atoms with Crippen LogP contribution in [0.2, 0.25) is 0 Å². The molecule has 0 fully saturated rings. The smallest absolute Gasteiger partial charge is 0.475 e. The summed E-state index contributed by atoms with van der Waals surface area (Å²) in [6, 6.07) is 9.82. The van der Waals surface area contributed by atoms with Crippen molar-refractivity contribution in [2.75, 3.05) is 24.3 Å². The van der Waals surface area contributed by atoms with Gasteiger partial charge in [-0.2, -0.15) is 39.5 Å². The Morgan fingerprint density at radius 2 is 1.19 bits per heavy atom. The van der Waals surface area contributed by atoms with Gasteiger partial charge in [0.25, 0.3) is 0 Å². The number of aliphatic carboxylic acids is 3. The fourth-order valence-corrected chi connectivity index (χ4v) is 3.36. The number of carboxylic acid groups (broad SMARTS) is 3. The Balaban J connectivity index is 0.000000313. The van der Waals surface area contributed by atoms with Gasteiger partial charge in [-0.25, -0.2) is 29.3 Å². The van der Waals surface area contributed by atoms with Crippen molar-refractivity contribution in [3.63, 3.8) is 0 Å². The van der Waals surface area contributed by atoms with Gasteiger partial charge in [0.1, 0.15) is 23.2 Å². The number of pyridine rings is 3. The summed E-state index contributed by atoms with van der Waals surface area (Å²) in [5, 5.41) is 24.8. The van der Waals surface area contributed by atoms with Gasteiger partial charge in [0.05, 0.1) is 16.9 Å². The molecule has 4 aromatic rings. The van der Waals surface area contributed by atoms with E-state index in [1.54, 1.807) is 18.6 Å². The minimum Gasteiger partial charge on any atom is -0.475 e. The van der Waals surface area contributed by atoms with E-state index in [1.165, 1.54) is 0 Å². The third-order valence-corrected chi connectivity index (χ3v) is 5.30. The molecule has 0 saturated heterocycles. The van der Waals surface area contributed by atoms with Crippen molar-refractivity contribution in [3.05, 3.63) is 55.1 Å². The number of hydrogen-bond acceptors (Lipinski definition) is 9. The number of aromatic nitrogens is 5. The number of imidazole rings is 1. The number of nitrogens with one attached hydrogen (secondary N) is 2. The monoisotopic (exact) mass is 697 g/mol. The van der Waals surface area contributed by atoms with Crippen LogP contribution in [0.1, 0.15) is 0 Å². The normalized spacial score (nSPS) is 11.5. The molecule has 0 unspecified atom stereocenters. The molecule has 0 aromatic carbocycles. The molecule has 13 nitrogen and oxygen atoms in total. The van der Waals surface area contributed by atoms with Crippen molar-refractivity contribution in [1.29, 1.82) is 0 Å². The van der Waals surface area contributed by atoms with Crippen LogP contribution >= 0.6 is 0 Å². The molecule has 48 heavy (non-hydrogen) atoms. The summed E-state index contributed by atoms with van der Waals surface area (Å²) in [6.45, 7) is 0. The van der Waals surface area contributed by atoms with Crippen molar-refractivity contribution in [3.8, 4) is 33.9 Å². The maximum Gasteiger partial charge on any atom is 0.490 e. The zero-order valence-corrected chi connectivity index (χ0v) is 23.9. The number of anilines is 3. The van der Waals surface area contributed by atoms with Crippen LogP contribution in [-0.2, 0) is 14.4 Å². The maximum atomic E-state index is 10.6. The number of carboxylic acids is 3. The van der Waals surface area contributed by atoms with E-state index in [-0.39, 0.29) is 0 Å². The van der Waals surface area contributed by atoms with Gasteiger partial charge in [-0.15, -0.1) is 0 Å². The van der Waals surface area contributed by atoms with Crippen LogP contribution in [0.15, 0.2) is 55.1 Å². The number of rotatable bonds is 2. The molecule has 0 aliphatic carbocycles. The van der Waals surface area contributed by atoms with Crippen LogP contribution in [0.4, 0.5) is 56.8 Å². The standard InChI is InChI=1S/C20H17N7.3C2HF3O2/c1-27(2)20-13(6-4-9-23-20)19-25-16-12-5-3-8-22-18(12)24-15-7-10-21-11-14(15)17(16)26-19;3*3-2(4,5)1(6)7/h3-11H,1-2H3,(H,22,24)(H,25,26);3*(H,6,7). The summed E-state index contributed by atoms with van der Waals surface area (Å²) >= 11 is 0. The predicted octanol–water partition coefficient (Wildman–Crippen LogP) is 5.62. The Bertz CT molecular complexity index is 1640. The molecule has 0 saturated carbocycles. The lowest BCUT2D eigenvalue weighted by Gasteiger charge is -2.14. The number of halogens is 9. The van der Waals surface area contributed by atoms with Gasteiger partial charge in [-0.3, -0.25) is 4.98 Å². The lowest BCUT2D eigenvalue weighted by Crippen LogP contribution is -2.21. The second-order valence-corrected chi connectivity index (χ2v) is 8.93. The van der Waals surface area contributed by atoms with Crippen molar-refractivity contribution in [2.24, 2.45) is 0 Å². The van der Waals surface area contributed by atoms with E-state index in [0.29, 0.717) is 0 Å². The van der Waals surface area contributed by atoms with Crippen LogP contribution in [-0.4, -0.2) is 90.8 Å². The Morgan fingerprint density at radius 3 is 1.67 bits per heavy atom. The fraction of sp³-hybridized carbons (Fsp3) is 0.192. The molecule has 5 heterocycles. The van der Waals surface area contributed by atoms with E-state index in [1.807, 2.05) is 55.5 Å². The van der Waals surface area contributed by atoms with Gasteiger partial charge in [-0.05, 0) is 30.3 Å². The first-order chi connectivity index (χ1) is 22.1. The molecule has 258 valence electrons. The zero-order chi connectivity index (χ0) is 36.6. The quantitative estimate of drug-likeness (QED) is 0.143. The van der Waals surface area contributed by atoms with Crippen LogP contribution in [0.5, 0.6) is 0 Å². The summed E-state index contributed by atoms with van der Waals surface area (Å²) in [4.78, 5) is 50.4. The minimum atomic E-state index is -5.08. The first-order valence-corrected chi connectivity index (χ1v) is 12.4. The van der Waals surface area contributed by atoms with E-state index in [4.69, 9.17) is 34.7 Å². The van der Waals surface area contributed by atoms with Crippen LogP contribution in [0, 0.1) is 0 Å². The Morgan fingerprint density at radius 1 is 0.708 bits per heavy atom. The van der Waals surface area contributed by atoms with Crippen molar-refractivity contribution >= 4 is 35.2 Å². The van der Waals surface area contributed by atoms with Gasteiger partial charge in [-0.1, -0.05) is 0 Å². The molecule has 1 aliphatic rings. The second kappa shape index (κ2) is 15.1. The van der Waals surface area contributed by atoms with Crippen molar-refractivity contribution < 1.29 is 69.2 Å². The Kier molecular flexibility index (Phi) is 12.0. The predicted molar refractivity (Wildman–Crippen MR) is 147 cm³/mol. The summed E-state index contributed by atoms with van der Waals surface area (Å²) in [6.07, 6.45) is -8.08. The Hall–Kier alpha value is -5.96.